The van der Waals surface area contributed by atoms with Gasteiger partial charge in [0.05, 0.1) is 26.9 Å². The van der Waals surface area contributed by atoms with Gasteiger partial charge in [-0.2, -0.15) is 0 Å². The van der Waals surface area contributed by atoms with Gasteiger partial charge in [-0.1, -0.05) is 25.0 Å². The monoisotopic (exact) mass is 482 g/mol. The van der Waals surface area contributed by atoms with Gasteiger partial charge in [-0.25, -0.2) is 0 Å². The molecule has 0 saturated carbocycles. The number of ether oxygens (including phenoxy) is 3. The number of benzene rings is 2. The van der Waals surface area contributed by atoms with E-state index in [0.717, 1.165) is 82.1 Å². The summed E-state index contributed by atoms with van der Waals surface area (Å²) in [5.41, 5.74) is 3.93. The molecule has 0 aromatic heterocycles. The molecule has 6 heteroatoms. The second-order valence-corrected chi connectivity index (χ2v) is 9.85. The molecule has 2 aromatic rings. The third-order valence-corrected chi connectivity index (χ3v) is 7.36. The quantitative estimate of drug-likeness (QED) is 0.434. The van der Waals surface area contributed by atoms with Crippen molar-refractivity contribution >= 4 is 0 Å². The zero-order valence-corrected chi connectivity index (χ0v) is 21.4. The van der Waals surface area contributed by atoms with Crippen LogP contribution in [0.5, 0.6) is 17.2 Å². The molecule has 2 aliphatic rings. The molecule has 0 radical (unpaired) electrons. The minimum atomic E-state index is -0.0770. The third-order valence-electron chi connectivity index (χ3n) is 7.36. The lowest BCUT2D eigenvalue weighted by Gasteiger charge is -2.29. The van der Waals surface area contributed by atoms with Crippen LogP contribution in [0.25, 0.3) is 0 Å². The van der Waals surface area contributed by atoms with E-state index in [2.05, 4.69) is 46.6 Å². The van der Waals surface area contributed by atoms with Crippen LogP contribution in [0.1, 0.15) is 61.3 Å². The molecule has 2 aliphatic heterocycles. The van der Waals surface area contributed by atoms with Gasteiger partial charge in [-0.15, -0.1) is 0 Å². The van der Waals surface area contributed by atoms with Crippen molar-refractivity contribution in [2.75, 3.05) is 47.0 Å². The summed E-state index contributed by atoms with van der Waals surface area (Å²) in [6, 6.07) is 13.1. The van der Waals surface area contributed by atoms with Crippen LogP contribution in [-0.4, -0.2) is 63.1 Å². The number of hydrogen-bond acceptors (Lipinski definition) is 6. The number of likely N-dealkylation sites (tertiary alicyclic amines) is 1. The van der Waals surface area contributed by atoms with Crippen molar-refractivity contribution in [3.8, 4) is 17.2 Å². The highest BCUT2D eigenvalue weighted by molar-refractivity contribution is 5.49. The Kier molecular flexibility index (Phi) is 9.69. The SMILES string of the molecule is COc1cc2c(cc1OC)C(Cc1ccc(OCCCCCCN3CCC(O)CC3)cc1)NCC2. The van der Waals surface area contributed by atoms with Crippen LogP contribution >= 0.6 is 0 Å². The highest BCUT2D eigenvalue weighted by Gasteiger charge is 2.23. The van der Waals surface area contributed by atoms with Crippen molar-refractivity contribution in [1.29, 1.82) is 0 Å². The summed E-state index contributed by atoms with van der Waals surface area (Å²) in [6.45, 7) is 5.00. The van der Waals surface area contributed by atoms with E-state index in [1.165, 1.54) is 36.0 Å². The minimum absolute atomic E-state index is 0.0770. The minimum Gasteiger partial charge on any atom is -0.494 e. The fourth-order valence-corrected chi connectivity index (χ4v) is 5.23. The van der Waals surface area contributed by atoms with Gasteiger partial charge in [0.1, 0.15) is 5.75 Å². The lowest BCUT2D eigenvalue weighted by Crippen LogP contribution is -2.36. The largest absolute Gasteiger partial charge is 0.494 e. The van der Waals surface area contributed by atoms with Crippen LogP contribution in [0.2, 0.25) is 0 Å². The number of methoxy groups -OCH3 is 2. The highest BCUT2D eigenvalue weighted by Crippen LogP contribution is 2.36. The first-order chi connectivity index (χ1) is 17.2. The highest BCUT2D eigenvalue weighted by atomic mass is 16.5. The Morgan fingerprint density at radius 1 is 0.943 bits per heavy atom. The molecule has 1 fully saturated rings. The van der Waals surface area contributed by atoms with Crippen molar-refractivity contribution in [3.63, 3.8) is 0 Å². The second-order valence-electron chi connectivity index (χ2n) is 9.85. The molecule has 4 rings (SSSR count). The second kappa shape index (κ2) is 13.1. The molecule has 6 nitrogen and oxygen atoms in total. The van der Waals surface area contributed by atoms with Crippen molar-refractivity contribution in [1.82, 2.24) is 10.2 Å². The van der Waals surface area contributed by atoms with Gasteiger partial charge in [0, 0.05) is 19.1 Å². The third kappa shape index (κ3) is 7.35. The molecule has 1 saturated heterocycles. The molecule has 0 spiro atoms. The lowest BCUT2D eigenvalue weighted by molar-refractivity contribution is 0.0817. The van der Waals surface area contributed by atoms with E-state index >= 15 is 0 Å². The van der Waals surface area contributed by atoms with E-state index in [1.807, 2.05) is 0 Å². The van der Waals surface area contributed by atoms with Crippen LogP contribution in [0.15, 0.2) is 36.4 Å². The fourth-order valence-electron chi connectivity index (χ4n) is 5.23. The number of unbranched alkanes of at least 4 members (excludes halogenated alkanes) is 3. The zero-order valence-electron chi connectivity index (χ0n) is 21.4. The Morgan fingerprint density at radius 2 is 1.66 bits per heavy atom. The van der Waals surface area contributed by atoms with Crippen LogP contribution in [0.4, 0.5) is 0 Å². The maximum Gasteiger partial charge on any atom is 0.161 e. The summed E-state index contributed by atoms with van der Waals surface area (Å²) in [6.07, 6.45) is 8.49. The fraction of sp³-hybridized carbons (Fsp3) is 0.586. The first-order valence-corrected chi connectivity index (χ1v) is 13.3. The van der Waals surface area contributed by atoms with E-state index in [4.69, 9.17) is 14.2 Å². The van der Waals surface area contributed by atoms with Crippen molar-refractivity contribution in [3.05, 3.63) is 53.1 Å². The standard InChI is InChI=1S/C29H42N2O4/c1-33-28-20-23-11-14-30-27(26(23)21-29(28)34-2)19-22-7-9-25(10-8-22)35-18-6-4-3-5-15-31-16-12-24(32)13-17-31/h7-10,20-21,24,27,30,32H,3-6,11-19H2,1-2H3. The summed E-state index contributed by atoms with van der Waals surface area (Å²) >= 11 is 0. The van der Waals surface area contributed by atoms with Crippen LogP contribution in [0, 0.1) is 0 Å². The maximum atomic E-state index is 9.60. The van der Waals surface area contributed by atoms with Gasteiger partial charge in [0.25, 0.3) is 0 Å². The Morgan fingerprint density at radius 3 is 2.40 bits per heavy atom. The number of nitrogens with one attached hydrogen (secondary N) is 1. The molecular weight excluding hydrogens is 440 g/mol. The first-order valence-electron chi connectivity index (χ1n) is 13.3. The van der Waals surface area contributed by atoms with Gasteiger partial charge < -0.3 is 29.5 Å². The number of aliphatic hydroxyl groups excluding tert-OH is 1. The number of nitrogens with zero attached hydrogens (tertiary/aromatic N) is 1. The first kappa shape index (κ1) is 25.8. The molecule has 1 unspecified atom stereocenters. The van der Waals surface area contributed by atoms with E-state index in [1.54, 1.807) is 14.2 Å². The van der Waals surface area contributed by atoms with Gasteiger partial charge in [0.2, 0.25) is 0 Å². The summed E-state index contributed by atoms with van der Waals surface area (Å²) in [4.78, 5) is 2.49. The van der Waals surface area contributed by atoms with Gasteiger partial charge in [0.15, 0.2) is 11.5 Å². The van der Waals surface area contributed by atoms with E-state index in [9.17, 15) is 5.11 Å². The predicted octanol–water partition coefficient (Wildman–Crippen LogP) is 4.53. The molecule has 2 heterocycles. The number of rotatable bonds is 12. The molecule has 35 heavy (non-hydrogen) atoms. The smallest absolute Gasteiger partial charge is 0.161 e. The summed E-state index contributed by atoms with van der Waals surface area (Å²) in [5.74, 6) is 2.54. The number of fused-ring (bicyclic) bond motifs is 1. The number of piperidine rings is 1. The zero-order chi connectivity index (χ0) is 24.5. The lowest BCUT2D eigenvalue weighted by atomic mass is 9.90. The molecular formula is C29H42N2O4. The topological polar surface area (TPSA) is 63.2 Å². The Hall–Kier alpha value is -2.28. The molecule has 192 valence electrons. The van der Waals surface area contributed by atoms with Crippen LogP contribution in [0.3, 0.4) is 0 Å². The van der Waals surface area contributed by atoms with Gasteiger partial charge in [-0.3, -0.25) is 0 Å². The Bertz CT molecular complexity index is 910. The van der Waals surface area contributed by atoms with Gasteiger partial charge >= 0.3 is 0 Å². The summed E-state index contributed by atoms with van der Waals surface area (Å²) in [5, 5.41) is 13.3. The summed E-state index contributed by atoms with van der Waals surface area (Å²) < 4.78 is 17.0. The Balaban J connectivity index is 1.17. The maximum absolute atomic E-state index is 9.60. The van der Waals surface area contributed by atoms with Crippen LogP contribution < -0.4 is 19.5 Å². The van der Waals surface area contributed by atoms with Crippen molar-refractivity contribution in [2.45, 2.75) is 63.5 Å². The molecule has 2 aromatic carbocycles. The van der Waals surface area contributed by atoms with Gasteiger partial charge in [-0.05, 0) is 92.6 Å². The predicted molar refractivity (Wildman–Crippen MR) is 140 cm³/mol. The van der Waals surface area contributed by atoms with E-state index in [0.29, 0.717) is 0 Å². The molecule has 2 N–H and O–H groups in total. The van der Waals surface area contributed by atoms with Crippen molar-refractivity contribution in [2.24, 2.45) is 0 Å². The molecule has 0 amide bonds. The molecule has 0 aliphatic carbocycles. The Labute approximate surface area is 210 Å². The number of hydrogen-bond donors (Lipinski definition) is 2. The van der Waals surface area contributed by atoms with E-state index < -0.39 is 0 Å². The van der Waals surface area contributed by atoms with Crippen molar-refractivity contribution < 1.29 is 19.3 Å². The molecule has 1 atom stereocenters. The average Bonchev–Trinajstić information content (AvgIpc) is 2.89. The average molecular weight is 483 g/mol. The summed E-state index contributed by atoms with van der Waals surface area (Å²) in [7, 11) is 3.38. The van der Waals surface area contributed by atoms with E-state index in [-0.39, 0.29) is 12.1 Å². The molecule has 0 bridgehead atoms. The number of aliphatic hydroxyl groups is 1. The van der Waals surface area contributed by atoms with Crippen LogP contribution in [-0.2, 0) is 12.8 Å². The normalized spacial score (nSPS) is 18.8.